The molecule has 1 heterocycles. The number of halogens is 1. The summed E-state index contributed by atoms with van der Waals surface area (Å²) in [6, 6.07) is 4.35. The second-order valence-electron chi connectivity index (χ2n) is 7.04. The maximum Gasteiger partial charge on any atom is 0.318 e. The van der Waals surface area contributed by atoms with Crippen LogP contribution in [0.5, 0.6) is 0 Å². The summed E-state index contributed by atoms with van der Waals surface area (Å²) in [4.78, 5) is 38.7. The van der Waals surface area contributed by atoms with Gasteiger partial charge in [0.1, 0.15) is 11.9 Å². The fourth-order valence-electron chi connectivity index (χ4n) is 3.59. The first-order valence-corrected chi connectivity index (χ1v) is 9.43. The Hall–Kier alpha value is -2.64. The Morgan fingerprint density at radius 1 is 1.15 bits per heavy atom. The van der Waals surface area contributed by atoms with Crippen molar-refractivity contribution in [2.45, 2.75) is 50.6 Å². The lowest BCUT2D eigenvalue weighted by molar-refractivity contribution is -0.131. The van der Waals surface area contributed by atoms with Crippen LogP contribution >= 0.6 is 0 Å². The Balaban J connectivity index is 1.60. The first-order chi connectivity index (χ1) is 13.0. The van der Waals surface area contributed by atoms with Crippen LogP contribution < -0.4 is 16.0 Å². The summed E-state index contributed by atoms with van der Waals surface area (Å²) in [6.45, 7) is 0.728. The monoisotopic (exact) mass is 376 g/mol. The molecule has 8 heteroatoms. The summed E-state index contributed by atoms with van der Waals surface area (Å²) in [7, 11) is 0. The van der Waals surface area contributed by atoms with Crippen molar-refractivity contribution in [1.29, 1.82) is 0 Å². The van der Waals surface area contributed by atoms with E-state index in [1.165, 1.54) is 35.6 Å². The van der Waals surface area contributed by atoms with Crippen LogP contribution in [-0.2, 0) is 9.59 Å². The summed E-state index contributed by atoms with van der Waals surface area (Å²) in [5.41, 5.74) is 0.441. The number of urea groups is 1. The van der Waals surface area contributed by atoms with Gasteiger partial charge in [0.15, 0.2) is 0 Å². The molecule has 3 rings (SSSR count). The molecule has 27 heavy (non-hydrogen) atoms. The van der Waals surface area contributed by atoms with Gasteiger partial charge in [-0.25, -0.2) is 9.18 Å². The molecule has 1 aromatic carbocycles. The van der Waals surface area contributed by atoms with Crippen LogP contribution in [0.3, 0.4) is 0 Å². The van der Waals surface area contributed by atoms with Gasteiger partial charge in [-0.05, 0) is 37.1 Å². The molecule has 0 spiro atoms. The highest BCUT2D eigenvalue weighted by atomic mass is 19.1. The number of nitrogens with one attached hydrogen (secondary N) is 3. The number of hydrogen-bond acceptors (Lipinski definition) is 3. The molecule has 0 bridgehead atoms. The lowest BCUT2D eigenvalue weighted by Gasteiger charge is -2.36. The molecule has 1 aromatic rings. The van der Waals surface area contributed by atoms with E-state index in [0.29, 0.717) is 18.8 Å². The van der Waals surface area contributed by atoms with Crippen molar-refractivity contribution in [3.63, 3.8) is 0 Å². The van der Waals surface area contributed by atoms with Gasteiger partial charge in [-0.1, -0.05) is 19.3 Å². The maximum absolute atomic E-state index is 13.0. The minimum Gasteiger partial charge on any atom is -0.353 e. The standard InChI is InChI=1S/C19H25FN4O3/c20-13-6-8-15(9-7-13)22-17(25)12-16-18(26)21-10-11-24(16)19(27)23-14-4-2-1-3-5-14/h6-9,14,16H,1-5,10-12H2,(H,21,26)(H,22,25)(H,23,27)/t16-/m1/s1. The van der Waals surface area contributed by atoms with Crippen molar-refractivity contribution >= 4 is 23.5 Å². The molecular formula is C19H25FN4O3. The molecule has 2 aliphatic rings. The third kappa shape index (κ3) is 5.18. The Morgan fingerprint density at radius 2 is 1.85 bits per heavy atom. The summed E-state index contributed by atoms with van der Waals surface area (Å²) in [5.74, 6) is -1.14. The molecule has 0 unspecified atom stereocenters. The number of anilines is 1. The molecule has 1 aliphatic carbocycles. The van der Waals surface area contributed by atoms with Crippen LogP contribution in [0.25, 0.3) is 0 Å². The van der Waals surface area contributed by atoms with Gasteiger partial charge in [-0.15, -0.1) is 0 Å². The molecule has 146 valence electrons. The molecule has 2 fully saturated rings. The Morgan fingerprint density at radius 3 is 2.56 bits per heavy atom. The third-order valence-electron chi connectivity index (χ3n) is 5.03. The predicted molar refractivity (Wildman–Crippen MR) is 98.6 cm³/mol. The van der Waals surface area contributed by atoms with E-state index in [4.69, 9.17) is 0 Å². The second kappa shape index (κ2) is 8.83. The van der Waals surface area contributed by atoms with Gasteiger partial charge in [0, 0.05) is 24.8 Å². The zero-order valence-corrected chi connectivity index (χ0v) is 15.2. The summed E-state index contributed by atoms with van der Waals surface area (Å²) in [5, 5.41) is 8.34. The zero-order chi connectivity index (χ0) is 19.2. The smallest absolute Gasteiger partial charge is 0.318 e. The molecule has 1 saturated carbocycles. The van der Waals surface area contributed by atoms with Crippen LogP contribution in [0.4, 0.5) is 14.9 Å². The Labute approximate surface area is 157 Å². The number of amides is 4. The first kappa shape index (κ1) is 19.1. The third-order valence-corrected chi connectivity index (χ3v) is 5.03. The van der Waals surface area contributed by atoms with E-state index >= 15 is 0 Å². The number of benzene rings is 1. The largest absolute Gasteiger partial charge is 0.353 e. The van der Waals surface area contributed by atoms with E-state index in [0.717, 1.165) is 25.7 Å². The number of nitrogens with zero attached hydrogens (tertiary/aromatic N) is 1. The van der Waals surface area contributed by atoms with E-state index in [9.17, 15) is 18.8 Å². The molecular weight excluding hydrogens is 351 g/mol. The minimum absolute atomic E-state index is 0.130. The van der Waals surface area contributed by atoms with Gasteiger partial charge in [0.05, 0.1) is 6.42 Å². The van der Waals surface area contributed by atoms with Crippen molar-refractivity contribution in [3.05, 3.63) is 30.1 Å². The first-order valence-electron chi connectivity index (χ1n) is 9.43. The molecule has 1 saturated heterocycles. The number of piperazine rings is 1. The van der Waals surface area contributed by atoms with E-state index in [1.54, 1.807) is 0 Å². The number of rotatable bonds is 4. The van der Waals surface area contributed by atoms with E-state index < -0.39 is 17.8 Å². The SMILES string of the molecule is O=C(C[C@@H]1C(=O)NCCN1C(=O)NC1CCCCC1)Nc1ccc(F)cc1. The quantitative estimate of drug-likeness (QED) is 0.751. The van der Waals surface area contributed by atoms with Crippen molar-refractivity contribution in [1.82, 2.24) is 15.5 Å². The average Bonchev–Trinajstić information content (AvgIpc) is 2.66. The van der Waals surface area contributed by atoms with Gasteiger partial charge < -0.3 is 20.9 Å². The molecule has 1 aliphatic heterocycles. The van der Waals surface area contributed by atoms with Crippen molar-refractivity contribution in [2.75, 3.05) is 18.4 Å². The lowest BCUT2D eigenvalue weighted by atomic mass is 9.95. The normalized spacial score (nSPS) is 20.7. The van der Waals surface area contributed by atoms with Crippen LogP contribution in [0.15, 0.2) is 24.3 Å². The van der Waals surface area contributed by atoms with Crippen molar-refractivity contribution in [2.24, 2.45) is 0 Å². The second-order valence-corrected chi connectivity index (χ2v) is 7.04. The summed E-state index contributed by atoms with van der Waals surface area (Å²) >= 11 is 0. The molecule has 0 radical (unpaired) electrons. The number of hydrogen-bond donors (Lipinski definition) is 3. The summed E-state index contributed by atoms with van der Waals surface area (Å²) < 4.78 is 13.0. The van der Waals surface area contributed by atoms with Gasteiger partial charge in [0.2, 0.25) is 11.8 Å². The molecule has 3 N–H and O–H groups in total. The topological polar surface area (TPSA) is 90.5 Å². The van der Waals surface area contributed by atoms with Crippen LogP contribution in [-0.4, -0.2) is 47.9 Å². The van der Waals surface area contributed by atoms with Crippen molar-refractivity contribution < 1.29 is 18.8 Å². The van der Waals surface area contributed by atoms with Gasteiger partial charge in [-0.2, -0.15) is 0 Å². The van der Waals surface area contributed by atoms with Gasteiger partial charge >= 0.3 is 6.03 Å². The number of carbonyl (C=O) groups excluding carboxylic acids is 3. The molecule has 4 amide bonds. The maximum atomic E-state index is 13.0. The zero-order valence-electron chi connectivity index (χ0n) is 15.2. The minimum atomic E-state index is -0.859. The van der Waals surface area contributed by atoms with Crippen LogP contribution in [0.2, 0.25) is 0 Å². The van der Waals surface area contributed by atoms with E-state index in [1.807, 2.05) is 0 Å². The fourth-order valence-corrected chi connectivity index (χ4v) is 3.59. The van der Waals surface area contributed by atoms with Gasteiger partial charge in [-0.3, -0.25) is 9.59 Å². The lowest BCUT2D eigenvalue weighted by Crippen LogP contribution is -2.61. The van der Waals surface area contributed by atoms with Crippen molar-refractivity contribution in [3.8, 4) is 0 Å². The predicted octanol–water partition coefficient (Wildman–Crippen LogP) is 2.00. The van der Waals surface area contributed by atoms with E-state index in [-0.39, 0.29) is 24.4 Å². The molecule has 7 nitrogen and oxygen atoms in total. The Bertz CT molecular complexity index is 689. The van der Waals surface area contributed by atoms with E-state index in [2.05, 4.69) is 16.0 Å². The van der Waals surface area contributed by atoms with Crippen LogP contribution in [0, 0.1) is 5.82 Å². The highest BCUT2D eigenvalue weighted by Gasteiger charge is 2.35. The molecule has 1 atom stereocenters. The molecule has 0 aromatic heterocycles. The summed E-state index contributed by atoms with van der Waals surface area (Å²) in [6.07, 6.45) is 5.11. The van der Waals surface area contributed by atoms with Gasteiger partial charge in [0.25, 0.3) is 0 Å². The average molecular weight is 376 g/mol. The highest BCUT2D eigenvalue weighted by Crippen LogP contribution is 2.19. The van der Waals surface area contributed by atoms with Crippen LogP contribution in [0.1, 0.15) is 38.5 Å². The highest BCUT2D eigenvalue weighted by molar-refractivity contribution is 5.97. The Kier molecular flexibility index (Phi) is 6.26. The number of carbonyl (C=O) groups is 3. The fraction of sp³-hybridized carbons (Fsp3) is 0.526.